The summed E-state index contributed by atoms with van der Waals surface area (Å²) in [5.41, 5.74) is 0. The first-order chi connectivity index (χ1) is 11.7. The van der Waals surface area contributed by atoms with E-state index in [2.05, 4.69) is 0 Å². The number of hydrogen-bond acceptors (Lipinski definition) is 4. The predicted molar refractivity (Wildman–Crippen MR) is 93.0 cm³/mol. The van der Waals surface area contributed by atoms with Gasteiger partial charge in [0, 0.05) is 12.8 Å². The highest BCUT2D eigenvalue weighted by molar-refractivity contribution is 5.69. The first-order valence-electron chi connectivity index (χ1n) is 9.67. The molecule has 0 aromatic heterocycles. The highest BCUT2D eigenvalue weighted by Crippen LogP contribution is 2.13. The molecule has 1 aliphatic rings. The molecule has 1 unspecified atom stereocenters. The summed E-state index contributed by atoms with van der Waals surface area (Å²) in [6.07, 6.45) is 14.9. The number of carbonyl (C=O) groups is 2. The molecule has 1 rings (SSSR count). The average molecular weight is 342 g/mol. The Hall–Kier alpha value is -1.10. The summed E-state index contributed by atoms with van der Waals surface area (Å²) >= 11 is 0. The molecule has 0 aromatic rings. The molecule has 140 valence electrons. The van der Waals surface area contributed by atoms with Crippen LogP contribution in [-0.4, -0.2) is 36.4 Å². The summed E-state index contributed by atoms with van der Waals surface area (Å²) in [7, 11) is 0. The minimum Gasteiger partial charge on any atom is -0.481 e. The molecule has 0 radical (unpaired) electrons. The summed E-state index contributed by atoms with van der Waals surface area (Å²) in [6, 6.07) is 0. The van der Waals surface area contributed by atoms with Gasteiger partial charge in [0.1, 0.15) is 12.7 Å². The van der Waals surface area contributed by atoms with Crippen LogP contribution in [0.4, 0.5) is 0 Å². The molecule has 1 saturated heterocycles. The third-order valence-electron chi connectivity index (χ3n) is 4.35. The molecule has 0 spiro atoms. The molecule has 0 amide bonds. The van der Waals surface area contributed by atoms with Crippen LogP contribution in [0.25, 0.3) is 0 Å². The van der Waals surface area contributed by atoms with E-state index in [1.165, 1.54) is 44.9 Å². The molecule has 1 aliphatic heterocycles. The number of hydrogen-bond donors (Lipinski definition) is 1. The van der Waals surface area contributed by atoms with E-state index in [1.807, 2.05) is 0 Å². The van der Waals surface area contributed by atoms with Crippen molar-refractivity contribution in [2.75, 3.05) is 13.2 Å². The summed E-state index contributed by atoms with van der Waals surface area (Å²) in [5.74, 6) is -0.770. The largest absolute Gasteiger partial charge is 0.481 e. The van der Waals surface area contributed by atoms with Gasteiger partial charge < -0.3 is 14.6 Å². The van der Waals surface area contributed by atoms with Gasteiger partial charge in [-0.3, -0.25) is 9.59 Å². The number of aliphatic carboxylic acids is 1. The van der Waals surface area contributed by atoms with Crippen molar-refractivity contribution < 1.29 is 24.2 Å². The van der Waals surface area contributed by atoms with E-state index in [9.17, 15) is 9.59 Å². The quantitative estimate of drug-likeness (QED) is 0.240. The van der Waals surface area contributed by atoms with Crippen LogP contribution in [0.2, 0.25) is 0 Å². The van der Waals surface area contributed by atoms with Gasteiger partial charge in [0.2, 0.25) is 0 Å². The second-order valence-corrected chi connectivity index (χ2v) is 6.77. The maximum absolute atomic E-state index is 11.4. The Morgan fingerprint density at radius 1 is 0.792 bits per heavy atom. The van der Waals surface area contributed by atoms with Crippen LogP contribution >= 0.6 is 0 Å². The zero-order valence-corrected chi connectivity index (χ0v) is 15.0. The van der Waals surface area contributed by atoms with E-state index in [0.717, 1.165) is 38.7 Å². The highest BCUT2D eigenvalue weighted by atomic mass is 16.6. The number of epoxide rings is 1. The molecular formula is C19H34O5. The Balaban J connectivity index is 1.68. The lowest BCUT2D eigenvalue weighted by molar-refractivity contribution is -0.144. The lowest BCUT2D eigenvalue weighted by atomic mass is 10.0. The van der Waals surface area contributed by atoms with E-state index in [1.54, 1.807) is 0 Å². The van der Waals surface area contributed by atoms with Crippen LogP contribution in [0.15, 0.2) is 0 Å². The maximum atomic E-state index is 11.4. The zero-order chi connectivity index (χ0) is 17.5. The van der Waals surface area contributed by atoms with Gasteiger partial charge >= 0.3 is 11.9 Å². The molecule has 1 atom stereocenters. The molecule has 1 heterocycles. The van der Waals surface area contributed by atoms with Crippen molar-refractivity contribution in [1.82, 2.24) is 0 Å². The van der Waals surface area contributed by atoms with Crippen molar-refractivity contribution in [3.05, 3.63) is 0 Å². The second-order valence-electron chi connectivity index (χ2n) is 6.77. The number of esters is 1. The van der Waals surface area contributed by atoms with Crippen LogP contribution in [0.5, 0.6) is 0 Å². The molecule has 1 N–H and O–H groups in total. The van der Waals surface area contributed by atoms with Crippen LogP contribution in [0.1, 0.15) is 89.9 Å². The number of rotatable bonds is 17. The Labute approximate surface area is 146 Å². The monoisotopic (exact) mass is 342 g/mol. The molecule has 1 fully saturated rings. The van der Waals surface area contributed by atoms with Crippen molar-refractivity contribution in [3.63, 3.8) is 0 Å². The van der Waals surface area contributed by atoms with Crippen molar-refractivity contribution >= 4 is 11.9 Å². The Kier molecular flexibility index (Phi) is 12.4. The summed E-state index contributed by atoms with van der Waals surface area (Å²) in [5, 5.41) is 8.54. The average Bonchev–Trinajstić information content (AvgIpc) is 3.37. The van der Waals surface area contributed by atoms with E-state index in [4.69, 9.17) is 14.6 Å². The first kappa shape index (κ1) is 20.9. The third-order valence-corrected chi connectivity index (χ3v) is 4.35. The fraction of sp³-hybridized carbons (Fsp3) is 0.895. The lowest BCUT2D eigenvalue weighted by Crippen LogP contribution is -2.09. The van der Waals surface area contributed by atoms with E-state index in [-0.39, 0.29) is 12.1 Å². The van der Waals surface area contributed by atoms with Gasteiger partial charge in [0.05, 0.1) is 6.61 Å². The minimum absolute atomic E-state index is 0.0890. The SMILES string of the molecule is O=C(O)CCCCCCCCCCCCCCC(=O)OCC1CO1. The van der Waals surface area contributed by atoms with Gasteiger partial charge in [-0.25, -0.2) is 0 Å². The predicted octanol–water partition coefficient (Wildman–Crippen LogP) is 4.47. The molecule has 0 saturated carbocycles. The molecule has 5 heteroatoms. The summed E-state index contributed by atoms with van der Waals surface area (Å²) in [6.45, 7) is 1.16. The van der Waals surface area contributed by atoms with Gasteiger partial charge in [-0.2, -0.15) is 0 Å². The van der Waals surface area contributed by atoms with Crippen molar-refractivity contribution in [2.45, 2.75) is 96.0 Å². The van der Waals surface area contributed by atoms with E-state index in [0.29, 0.717) is 19.4 Å². The number of unbranched alkanes of at least 4 members (excludes halogenated alkanes) is 11. The molecule has 0 aromatic carbocycles. The second kappa shape index (κ2) is 14.3. The van der Waals surface area contributed by atoms with Crippen molar-refractivity contribution in [2.24, 2.45) is 0 Å². The van der Waals surface area contributed by atoms with E-state index < -0.39 is 5.97 Å². The van der Waals surface area contributed by atoms with Crippen molar-refractivity contribution in [1.29, 1.82) is 0 Å². The number of carbonyl (C=O) groups excluding carboxylic acids is 1. The topological polar surface area (TPSA) is 76.1 Å². The summed E-state index contributed by atoms with van der Waals surface area (Å²) in [4.78, 5) is 21.8. The normalized spacial score (nSPS) is 16.1. The van der Waals surface area contributed by atoms with Gasteiger partial charge in [0.25, 0.3) is 0 Å². The maximum Gasteiger partial charge on any atom is 0.305 e. The minimum atomic E-state index is -0.681. The summed E-state index contributed by atoms with van der Waals surface area (Å²) < 4.78 is 10.1. The van der Waals surface area contributed by atoms with Gasteiger partial charge in [-0.05, 0) is 12.8 Å². The Morgan fingerprint density at radius 2 is 1.21 bits per heavy atom. The first-order valence-corrected chi connectivity index (χ1v) is 9.67. The van der Waals surface area contributed by atoms with Gasteiger partial charge in [-0.1, -0.05) is 64.2 Å². The van der Waals surface area contributed by atoms with Crippen molar-refractivity contribution in [3.8, 4) is 0 Å². The van der Waals surface area contributed by atoms with Crippen LogP contribution in [0, 0.1) is 0 Å². The number of carboxylic acid groups (broad SMARTS) is 1. The van der Waals surface area contributed by atoms with Crippen LogP contribution in [-0.2, 0) is 19.1 Å². The molecular weight excluding hydrogens is 308 g/mol. The number of carboxylic acids is 1. The molecule has 24 heavy (non-hydrogen) atoms. The standard InChI is InChI=1S/C19H34O5/c20-18(21)13-11-9-7-5-3-1-2-4-6-8-10-12-14-19(22)24-16-17-15-23-17/h17H,1-16H2,(H,20,21). The molecule has 5 nitrogen and oxygen atoms in total. The molecule has 0 aliphatic carbocycles. The fourth-order valence-corrected chi connectivity index (χ4v) is 2.74. The number of ether oxygens (including phenoxy) is 2. The third kappa shape index (κ3) is 14.5. The van der Waals surface area contributed by atoms with E-state index >= 15 is 0 Å². The van der Waals surface area contributed by atoms with Gasteiger partial charge in [-0.15, -0.1) is 0 Å². The smallest absolute Gasteiger partial charge is 0.305 e. The van der Waals surface area contributed by atoms with Crippen LogP contribution in [0.3, 0.4) is 0 Å². The Morgan fingerprint density at radius 3 is 1.62 bits per heavy atom. The Bertz CT molecular complexity index is 339. The lowest BCUT2D eigenvalue weighted by Gasteiger charge is -2.04. The fourth-order valence-electron chi connectivity index (χ4n) is 2.74. The molecule has 0 bridgehead atoms. The van der Waals surface area contributed by atoms with Gasteiger partial charge in [0.15, 0.2) is 0 Å². The van der Waals surface area contributed by atoms with Crippen LogP contribution < -0.4 is 0 Å². The highest BCUT2D eigenvalue weighted by Gasteiger charge is 2.23. The zero-order valence-electron chi connectivity index (χ0n) is 15.0.